The van der Waals surface area contributed by atoms with E-state index in [2.05, 4.69) is 15.0 Å². The number of anilines is 1. The van der Waals surface area contributed by atoms with Crippen molar-refractivity contribution >= 4 is 40.9 Å². The van der Waals surface area contributed by atoms with E-state index in [0.29, 0.717) is 27.2 Å². The van der Waals surface area contributed by atoms with Crippen molar-refractivity contribution in [1.82, 2.24) is 15.0 Å². The topological polar surface area (TPSA) is 116 Å². The third-order valence-electron chi connectivity index (χ3n) is 3.76. The summed E-state index contributed by atoms with van der Waals surface area (Å²) in [5, 5.41) is 9.62. The van der Waals surface area contributed by atoms with Gasteiger partial charge in [-0.3, -0.25) is 0 Å². The SMILES string of the molecule is COc1ccc(OC)c(Sc2nc(N)nc(-c3cc(OCC#N)c(Cl)cc3Cl)n2)c1. The monoisotopic (exact) mass is 463 g/mol. The predicted octanol–water partition coefficient (Wildman–Crippen LogP) is 4.50. The molecule has 0 aliphatic heterocycles. The lowest BCUT2D eigenvalue weighted by Gasteiger charge is -2.11. The fourth-order valence-electron chi connectivity index (χ4n) is 2.42. The Morgan fingerprint density at radius 1 is 1.03 bits per heavy atom. The van der Waals surface area contributed by atoms with Crippen LogP contribution in [0.2, 0.25) is 10.0 Å². The van der Waals surface area contributed by atoms with Crippen LogP contribution in [-0.4, -0.2) is 35.8 Å². The number of benzene rings is 2. The van der Waals surface area contributed by atoms with Crippen molar-refractivity contribution < 1.29 is 14.2 Å². The molecule has 2 aromatic carbocycles. The summed E-state index contributed by atoms with van der Waals surface area (Å²) in [6.07, 6.45) is 0. The van der Waals surface area contributed by atoms with E-state index >= 15 is 0 Å². The van der Waals surface area contributed by atoms with Gasteiger partial charge in [-0.2, -0.15) is 15.2 Å². The minimum Gasteiger partial charge on any atom is -0.497 e. The Kier molecular flexibility index (Phi) is 7.05. The standard InChI is InChI=1S/C19H15Cl2N5O3S/c1-27-10-3-4-14(28-2)16(7-10)30-19-25-17(24-18(23)26-19)11-8-15(29-6-5-22)13(21)9-12(11)20/h3-4,7-9H,6H2,1-2H3,(H2,23,24,25,26). The minimum atomic E-state index is -0.170. The molecule has 8 nitrogen and oxygen atoms in total. The molecular formula is C19H15Cl2N5O3S. The maximum atomic E-state index is 8.74. The maximum Gasteiger partial charge on any atom is 0.224 e. The van der Waals surface area contributed by atoms with Crippen LogP contribution in [0.4, 0.5) is 5.95 Å². The first kappa shape index (κ1) is 21.8. The fourth-order valence-corrected chi connectivity index (χ4v) is 3.84. The lowest BCUT2D eigenvalue weighted by atomic mass is 10.2. The highest BCUT2D eigenvalue weighted by Crippen LogP contribution is 2.39. The molecule has 0 aliphatic rings. The summed E-state index contributed by atoms with van der Waals surface area (Å²) < 4.78 is 16.0. The molecule has 3 aromatic rings. The predicted molar refractivity (Wildman–Crippen MR) is 114 cm³/mol. The van der Waals surface area contributed by atoms with Gasteiger partial charge in [-0.1, -0.05) is 23.2 Å². The van der Waals surface area contributed by atoms with Crippen LogP contribution in [0.3, 0.4) is 0 Å². The van der Waals surface area contributed by atoms with E-state index in [1.54, 1.807) is 38.5 Å². The Hall–Kier alpha value is -2.93. The number of nitrogens with zero attached hydrogens (tertiary/aromatic N) is 4. The van der Waals surface area contributed by atoms with Crippen molar-refractivity contribution in [2.45, 2.75) is 10.1 Å². The molecule has 0 spiro atoms. The first-order valence-corrected chi connectivity index (χ1v) is 9.93. The molecule has 0 atom stereocenters. The molecule has 1 heterocycles. The lowest BCUT2D eigenvalue weighted by Crippen LogP contribution is -2.03. The smallest absolute Gasteiger partial charge is 0.224 e. The quantitative estimate of drug-likeness (QED) is 0.539. The molecule has 0 saturated carbocycles. The molecule has 3 rings (SSSR count). The lowest BCUT2D eigenvalue weighted by molar-refractivity contribution is 0.368. The summed E-state index contributed by atoms with van der Waals surface area (Å²) in [5.41, 5.74) is 6.33. The van der Waals surface area contributed by atoms with E-state index in [1.165, 1.54) is 17.8 Å². The highest BCUT2D eigenvalue weighted by atomic mass is 35.5. The van der Waals surface area contributed by atoms with Gasteiger partial charge in [0.05, 0.1) is 29.2 Å². The van der Waals surface area contributed by atoms with E-state index < -0.39 is 0 Å². The second kappa shape index (κ2) is 9.71. The second-order valence-corrected chi connectivity index (χ2v) is 7.45. The number of halogens is 2. The zero-order valence-corrected chi connectivity index (χ0v) is 18.2. The van der Waals surface area contributed by atoms with Crippen molar-refractivity contribution in [2.75, 3.05) is 26.6 Å². The van der Waals surface area contributed by atoms with Crippen LogP contribution in [0.1, 0.15) is 0 Å². The van der Waals surface area contributed by atoms with Crippen molar-refractivity contribution in [3.63, 3.8) is 0 Å². The minimum absolute atomic E-state index is 0.00914. The molecule has 0 unspecified atom stereocenters. The van der Waals surface area contributed by atoms with Gasteiger partial charge >= 0.3 is 0 Å². The van der Waals surface area contributed by atoms with Gasteiger partial charge in [-0.05, 0) is 42.1 Å². The van der Waals surface area contributed by atoms with Gasteiger partial charge in [-0.15, -0.1) is 0 Å². The first-order chi connectivity index (χ1) is 14.4. The van der Waals surface area contributed by atoms with Gasteiger partial charge in [-0.25, -0.2) is 4.98 Å². The van der Waals surface area contributed by atoms with E-state index in [1.807, 2.05) is 6.07 Å². The van der Waals surface area contributed by atoms with Crippen LogP contribution in [-0.2, 0) is 0 Å². The molecule has 30 heavy (non-hydrogen) atoms. The number of hydrogen-bond acceptors (Lipinski definition) is 9. The molecule has 11 heteroatoms. The van der Waals surface area contributed by atoms with E-state index in [4.69, 9.17) is 48.4 Å². The number of nitrogens with two attached hydrogens (primary N) is 1. The average Bonchev–Trinajstić information content (AvgIpc) is 2.72. The van der Waals surface area contributed by atoms with Gasteiger partial charge in [0.25, 0.3) is 0 Å². The van der Waals surface area contributed by atoms with Crippen molar-refractivity contribution in [1.29, 1.82) is 5.26 Å². The number of aromatic nitrogens is 3. The Bertz CT molecular complexity index is 1120. The summed E-state index contributed by atoms with van der Waals surface area (Å²) in [7, 11) is 3.14. The third kappa shape index (κ3) is 4.97. The van der Waals surface area contributed by atoms with Crippen LogP contribution >= 0.6 is 35.0 Å². The summed E-state index contributed by atoms with van der Waals surface area (Å²) in [6.45, 7) is -0.170. The maximum absolute atomic E-state index is 8.74. The van der Waals surface area contributed by atoms with Gasteiger partial charge in [0.2, 0.25) is 5.95 Å². The van der Waals surface area contributed by atoms with Gasteiger partial charge in [0.1, 0.15) is 23.3 Å². The largest absolute Gasteiger partial charge is 0.497 e. The van der Waals surface area contributed by atoms with Crippen LogP contribution in [0.5, 0.6) is 17.2 Å². The normalized spacial score (nSPS) is 10.4. The Morgan fingerprint density at radius 3 is 2.53 bits per heavy atom. The summed E-state index contributed by atoms with van der Waals surface area (Å²) in [6, 6.07) is 10.3. The number of ether oxygens (including phenoxy) is 3. The average molecular weight is 464 g/mol. The molecule has 0 amide bonds. The van der Waals surface area contributed by atoms with Crippen molar-refractivity contribution in [3.05, 3.63) is 40.4 Å². The molecule has 0 radical (unpaired) electrons. The van der Waals surface area contributed by atoms with Crippen LogP contribution in [0.25, 0.3) is 11.4 Å². The molecule has 0 saturated heterocycles. The van der Waals surface area contributed by atoms with Crippen molar-refractivity contribution in [3.8, 4) is 34.7 Å². The van der Waals surface area contributed by atoms with E-state index in [9.17, 15) is 0 Å². The fraction of sp³-hybridized carbons (Fsp3) is 0.158. The van der Waals surface area contributed by atoms with Gasteiger partial charge in [0, 0.05) is 5.56 Å². The molecule has 0 bridgehead atoms. The Labute approximate surface area is 186 Å². The second-order valence-electron chi connectivity index (χ2n) is 5.63. The molecular weight excluding hydrogens is 449 g/mol. The van der Waals surface area contributed by atoms with Crippen LogP contribution in [0, 0.1) is 11.3 Å². The molecule has 2 N–H and O–H groups in total. The Morgan fingerprint density at radius 2 is 1.83 bits per heavy atom. The van der Waals surface area contributed by atoms with Gasteiger partial charge in [0.15, 0.2) is 17.6 Å². The number of nitriles is 1. The van der Waals surface area contributed by atoms with Crippen LogP contribution in [0.15, 0.2) is 40.4 Å². The number of rotatable bonds is 7. The third-order valence-corrected chi connectivity index (χ3v) is 5.27. The molecule has 0 aliphatic carbocycles. The number of nitrogen functional groups attached to an aromatic ring is 1. The zero-order valence-electron chi connectivity index (χ0n) is 15.8. The summed E-state index contributed by atoms with van der Waals surface area (Å²) in [4.78, 5) is 13.5. The molecule has 1 aromatic heterocycles. The number of methoxy groups -OCH3 is 2. The molecule has 0 fully saturated rings. The van der Waals surface area contributed by atoms with Crippen molar-refractivity contribution in [2.24, 2.45) is 0 Å². The van der Waals surface area contributed by atoms with E-state index in [0.717, 1.165) is 4.90 Å². The van der Waals surface area contributed by atoms with E-state index in [-0.39, 0.29) is 29.2 Å². The molecule has 154 valence electrons. The summed E-state index contributed by atoms with van der Waals surface area (Å²) in [5.74, 6) is 1.80. The highest BCUT2D eigenvalue weighted by molar-refractivity contribution is 7.99. The Balaban J connectivity index is 2.02. The highest BCUT2D eigenvalue weighted by Gasteiger charge is 2.16. The summed E-state index contributed by atoms with van der Waals surface area (Å²) >= 11 is 13.7. The van der Waals surface area contributed by atoms with Crippen LogP contribution < -0.4 is 19.9 Å². The first-order valence-electron chi connectivity index (χ1n) is 8.35. The number of hydrogen-bond donors (Lipinski definition) is 1. The zero-order chi connectivity index (χ0) is 21.7. The van der Waals surface area contributed by atoms with Gasteiger partial charge < -0.3 is 19.9 Å².